The van der Waals surface area contributed by atoms with Gasteiger partial charge in [0.2, 0.25) is 5.82 Å². The Labute approximate surface area is 103 Å². The van der Waals surface area contributed by atoms with Gasteiger partial charge in [0.05, 0.1) is 12.8 Å². The first-order valence-corrected chi connectivity index (χ1v) is 6.00. The molecule has 2 rings (SSSR count). The summed E-state index contributed by atoms with van der Waals surface area (Å²) in [7, 11) is 1.66. The minimum absolute atomic E-state index is 0.0219. The van der Waals surface area contributed by atoms with Gasteiger partial charge in [-0.1, -0.05) is 18.2 Å². The van der Waals surface area contributed by atoms with E-state index in [1.807, 2.05) is 30.3 Å². The number of hydrogen-bond donors (Lipinski definition) is 0. The molecule has 5 nitrogen and oxygen atoms in total. The molecule has 88 valence electrons. The summed E-state index contributed by atoms with van der Waals surface area (Å²) in [5.41, 5.74) is 0. The minimum atomic E-state index is -0.427. The number of rotatable bonds is 4. The van der Waals surface area contributed by atoms with Crippen molar-refractivity contribution in [1.29, 1.82) is 0 Å². The third kappa shape index (κ3) is 2.65. The molecule has 0 fully saturated rings. The van der Waals surface area contributed by atoms with Crippen molar-refractivity contribution in [3.63, 3.8) is 0 Å². The summed E-state index contributed by atoms with van der Waals surface area (Å²) >= 11 is 1.61. The fraction of sp³-hybridized carbons (Fsp3) is 0.182. The van der Waals surface area contributed by atoms with Gasteiger partial charge in [-0.15, -0.1) is 11.8 Å². The molecule has 0 aliphatic rings. The minimum Gasteiger partial charge on any atom is -0.358 e. The molecule has 1 aromatic heterocycles. The summed E-state index contributed by atoms with van der Waals surface area (Å²) in [6.45, 7) is 0. The van der Waals surface area contributed by atoms with E-state index in [9.17, 15) is 10.1 Å². The van der Waals surface area contributed by atoms with Gasteiger partial charge in [0.15, 0.2) is 0 Å². The topological polar surface area (TPSA) is 61.0 Å². The summed E-state index contributed by atoms with van der Waals surface area (Å²) in [5.74, 6) is 1.34. The summed E-state index contributed by atoms with van der Waals surface area (Å²) in [5, 5.41) is 10.6. The van der Waals surface area contributed by atoms with Gasteiger partial charge in [-0.25, -0.2) is 9.55 Å². The number of nitrogens with zero attached hydrogens (tertiary/aromatic N) is 3. The predicted octanol–water partition coefficient (Wildman–Crippen LogP) is 2.62. The molecule has 17 heavy (non-hydrogen) atoms. The van der Waals surface area contributed by atoms with E-state index in [1.54, 1.807) is 18.8 Å². The monoisotopic (exact) mass is 249 g/mol. The van der Waals surface area contributed by atoms with Crippen LogP contribution in [0.5, 0.6) is 0 Å². The summed E-state index contributed by atoms with van der Waals surface area (Å²) < 4.78 is 1.51. The SMILES string of the molecule is Cn1c([N+](=O)[O-])cnc1CSc1ccccc1. The van der Waals surface area contributed by atoms with E-state index in [-0.39, 0.29) is 5.82 Å². The van der Waals surface area contributed by atoms with E-state index in [2.05, 4.69) is 4.98 Å². The second-order valence-corrected chi connectivity index (χ2v) is 4.50. The van der Waals surface area contributed by atoms with Crippen molar-refractivity contribution >= 4 is 17.6 Å². The first-order valence-electron chi connectivity index (χ1n) is 5.01. The molecule has 1 heterocycles. The third-order valence-electron chi connectivity index (χ3n) is 2.36. The molecule has 0 saturated carbocycles. The Morgan fingerprint density at radius 1 is 1.41 bits per heavy atom. The number of nitro groups is 1. The molecule has 0 saturated heterocycles. The Morgan fingerprint density at radius 2 is 2.12 bits per heavy atom. The first kappa shape index (κ1) is 11.7. The molecule has 2 aromatic rings. The van der Waals surface area contributed by atoms with E-state index >= 15 is 0 Å². The maximum absolute atomic E-state index is 10.6. The Bertz CT molecular complexity index is 525. The fourth-order valence-corrected chi connectivity index (χ4v) is 2.32. The lowest BCUT2D eigenvalue weighted by molar-refractivity contribution is -0.391. The van der Waals surface area contributed by atoms with Crippen LogP contribution < -0.4 is 0 Å². The number of hydrogen-bond acceptors (Lipinski definition) is 4. The predicted molar refractivity (Wildman–Crippen MR) is 65.9 cm³/mol. The average molecular weight is 249 g/mol. The molecular formula is C11H11N3O2S. The molecule has 0 unspecified atom stereocenters. The van der Waals surface area contributed by atoms with Crippen molar-refractivity contribution in [2.24, 2.45) is 7.05 Å². The van der Waals surface area contributed by atoms with Crippen molar-refractivity contribution < 1.29 is 4.92 Å². The maximum atomic E-state index is 10.6. The lowest BCUT2D eigenvalue weighted by atomic mass is 10.4. The van der Waals surface area contributed by atoms with E-state index in [4.69, 9.17) is 0 Å². The van der Waals surface area contributed by atoms with Crippen molar-refractivity contribution in [2.75, 3.05) is 0 Å². The Hall–Kier alpha value is -1.82. The van der Waals surface area contributed by atoms with Crippen LogP contribution in [-0.4, -0.2) is 14.5 Å². The van der Waals surface area contributed by atoms with E-state index in [0.29, 0.717) is 11.6 Å². The van der Waals surface area contributed by atoms with Crippen LogP contribution in [0.25, 0.3) is 0 Å². The smallest absolute Gasteiger partial charge is 0.342 e. The van der Waals surface area contributed by atoms with Gasteiger partial charge in [0, 0.05) is 4.90 Å². The fourth-order valence-electron chi connectivity index (χ4n) is 1.41. The highest BCUT2D eigenvalue weighted by Gasteiger charge is 2.16. The lowest BCUT2D eigenvalue weighted by Crippen LogP contribution is -2.00. The molecule has 1 aromatic carbocycles. The van der Waals surface area contributed by atoms with Crippen LogP contribution in [-0.2, 0) is 12.8 Å². The molecule has 0 N–H and O–H groups in total. The van der Waals surface area contributed by atoms with Crippen molar-refractivity contribution in [3.8, 4) is 0 Å². The van der Waals surface area contributed by atoms with Crippen LogP contribution in [0.15, 0.2) is 41.4 Å². The zero-order valence-electron chi connectivity index (χ0n) is 9.24. The molecular weight excluding hydrogens is 238 g/mol. The van der Waals surface area contributed by atoms with Gasteiger partial charge in [-0.3, -0.25) is 0 Å². The molecule has 0 radical (unpaired) electrons. The number of imidazole rings is 1. The second-order valence-electron chi connectivity index (χ2n) is 3.45. The number of benzene rings is 1. The van der Waals surface area contributed by atoms with Crippen LogP contribution in [0.3, 0.4) is 0 Å². The van der Waals surface area contributed by atoms with Crippen LogP contribution >= 0.6 is 11.8 Å². The zero-order chi connectivity index (χ0) is 12.3. The summed E-state index contributed by atoms with van der Waals surface area (Å²) in [6, 6.07) is 9.88. The molecule has 6 heteroatoms. The molecule has 0 aliphatic heterocycles. The Kier molecular flexibility index (Phi) is 3.43. The van der Waals surface area contributed by atoms with Crippen LogP contribution in [0.4, 0.5) is 5.82 Å². The van der Waals surface area contributed by atoms with Gasteiger partial charge in [0.1, 0.15) is 6.20 Å². The standard InChI is InChI=1S/C11H11N3O2S/c1-13-10(12-7-11(13)14(15)16)8-17-9-5-3-2-4-6-9/h2-7H,8H2,1H3. The van der Waals surface area contributed by atoms with Gasteiger partial charge in [-0.2, -0.15) is 0 Å². The largest absolute Gasteiger partial charge is 0.358 e. The van der Waals surface area contributed by atoms with Crippen molar-refractivity contribution in [2.45, 2.75) is 10.6 Å². The summed E-state index contributed by atoms with van der Waals surface area (Å²) in [4.78, 5) is 15.4. The molecule has 0 aliphatic carbocycles. The van der Waals surface area contributed by atoms with Crippen LogP contribution in [0.1, 0.15) is 5.82 Å². The highest BCUT2D eigenvalue weighted by molar-refractivity contribution is 7.98. The van der Waals surface area contributed by atoms with Gasteiger partial charge in [-0.05, 0) is 17.1 Å². The summed E-state index contributed by atoms with van der Waals surface area (Å²) in [6.07, 6.45) is 1.29. The van der Waals surface area contributed by atoms with E-state index < -0.39 is 4.92 Å². The van der Waals surface area contributed by atoms with E-state index in [1.165, 1.54) is 10.8 Å². The Morgan fingerprint density at radius 3 is 2.71 bits per heavy atom. The molecule has 0 bridgehead atoms. The quantitative estimate of drug-likeness (QED) is 0.474. The average Bonchev–Trinajstić information content (AvgIpc) is 2.69. The van der Waals surface area contributed by atoms with Gasteiger partial charge >= 0.3 is 5.82 Å². The lowest BCUT2D eigenvalue weighted by Gasteiger charge is -1.99. The Balaban J connectivity index is 2.07. The van der Waals surface area contributed by atoms with Crippen LogP contribution in [0, 0.1) is 10.1 Å². The first-order chi connectivity index (χ1) is 8.18. The third-order valence-corrected chi connectivity index (χ3v) is 3.37. The molecule has 0 spiro atoms. The van der Waals surface area contributed by atoms with Gasteiger partial charge < -0.3 is 10.1 Å². The normalized spacial score (nSPS) is 10.4. The van der Waals surface area contributed by atoms with E-state index in [0.717, 1.165) is 4.90 Å². The highest BCUT2D eigenvalue weighted by atomic mass is 32.2. The number of aromatic nitrogens is 2. The molecule has 0 atom stereocenters. The maximum Gasteiger partial charge on any atom is 0.342 e. The van der Waals surface area contributed by atoms with Crippen LogP contribution in [0.2, 0.25) is 0 Å². The number of thioether (sulfide) groups is 1. The second kappa shape index (κ2) is 5.01. The van der Waals surface area contributed by atoms with Crippen molar-refractivity contribution in [3.05, 3.63) is 52.5 Å². The van der Waals surface area contributed by atoms with Gasteiger partial charge in [0.25, 0.3) is 0 Å². The highest BCUT2D eigenvalue weighted by Crippen LogP contribution is 2.23. The molecule has 0 amide bonds. The van der Waals surface area contributed by atoms with Crippen molar-refractivity contribution in [1.82, 2.24) is 9.55 Å². The zero-order valence-corrected chi connectivity index (χ0v) is 10.1.